The van der Waals surface area contributed by atoms with E-state index in [2.05, 4.69) is 4.98 Å². The highest BCUT2D eigenvalue weighted by Gasteiger charge is 2.16. The molecule has 0 aliphatic carbocycles. The van der Waals surface area contributed by atoms with E-state index in [-0.39, 0.29) is 6.61 Å². The molecule has 0 bridgehead atoms. The molecule has 0 radical (unpaired) electrons. The molecule has 2 heterocycles. The van der Waals surface area contributed by atoms with E-state index in [9.17, 15) is 4.79 Å². The summed E-state index contributed by atoms with van der Waals surface area (Å²) in [5.74, 6) is 0.0703. The van der Waals surface area contributed by atoms with Gasteiger partial charge in [-0.15, -0.1) is 0 Å². The highest BCUT2D eigenvalue weighted by molar-refractivity contribution is 5.98. The van der Waals surface area contributed by atoms with Gasteiger partial charge in [-0.25, -0.2) is 9.78 Å². The van der Waals surface area contributed by atoms with Crippen molar-refractivity contribution in [3.63, 3.8) is 0 Å². The fourth-order valence-corrected chi connectivity index (χ4v) is 3.04. The predicted molar refractivity (Wildman–Crippen MR) is 99.5 cm³/mol. The Hall–Kier alpha value is -3.34. The van der Waals surface area contributed by atoms with Crippen LogP contribution < -0.4 is 4.74 Å². The van der Waals surface area contributed by atoms with Crippen molar-refractivity contribution in [1.29, 1.82) is 0 Å². The van der Waals surface area contributed by atoms with Crippen molar-refractivity contribution in [1.82, 2.24) is 9.38 Å². The normalized spacial score (nSPS) is 11.0. The summed E-state index contributed by atoms with van der Waals surface area (Å²) >= 11 is 0. The summed E-state index contributed by atoms with van der Waals surface area (Å²) in [6.45, 7) is 2.11. The lowest BCUT2D eigenvalue weighted by Crippen LogP contribution is -2.07. The molecule has 0 amide bonds. The number of imidazole rings is 1. The molecular formula is C21H18N2O3. The Morgan fingerprint density at radius 2 is 1.88 bits per heavy atom. The SMILES string of the molecule is COc1cc2ccccc2cc1C(=O)OCc1cn2cccc(C)c2n1. The molecule has 0 fully saturated rings. The molecule has 0 spiro atoms. The lowest BCUT2D eigenvalue weighted by atomic mass is 10.1. The first-order valence-corrected chi connectivity index (χ1v) is 8.33. The second kappa shape index (κ2) is 6.52. The van der Waals surface area contributed by atoms with Crippen molar-refractivity contribution >= 4 is 22.4 Å². The van der Waals surface area contributed by atoms with Crippen LogP contribution in [0.15, 0.2) is 60.9 Å². The summed E-state index contributed by atoms with van der Waals surface area (Å²) in [6, 6.07) is 15.4. The molecule has 0 saturated heterocycles. The number of esters is 1. The van der Waals surface area contributed by atoms with Crippen LogP contribution >= 0.6 is 0 Å². The molecular weight excluding hydrogens is 328 g/mol. The quantitative estimate of drug-likeness (QED) is 0.521. The summed E-state index contributed by atoms with van der Waals surface area (Å²) in [5, 5.41) is 1.97. The van der Waals surface area contributed by atoms with Crippen molar-refractivity contribution in [3.05, 3.63) is 77.7 Å². The van der Waals surface area contributed by atoms with Gasteiger partial charge in [-0.2, -0.15) is 0 Å². The van der Waals surface area contributed by atoms with Crippen LogP contribution in [-0.2, 0) is 11.3 Å². The molecule has 0 unspecified atom stereocenters. The van der Waals surface area contributed by atoms with E-state index in [1.54, 1.807) is 13.2 Å². The number of fused-ring (bicyclic) bond motifs is 2. The number of hydrogen-bond acceptors (Lipinski definition) is 4. The molecule has 4 aromatic rings. The highest BCUT2D eigenvalue weighted by Crippen LogP contribution is 2.26. The zero-order valence-corrected chi connectivity index (χ0v) is 14.6. The molecule has 0 aliphatic rings. The Morgan fingerprint density at radius 3 is 2.62 bits per heavy atom. The van der Waals surface area contributed by atoms with Gasteiger partial charge in [0.1, 0.15) is 23.6 Å². The van der Waals surface area contributed by atoms with Gasteiger partial charge in [0.2, 0.25) is 0 Å². The smallest absolute Gasteiger partial charge is 0.342 e. The van der Waals surface area contributed by atoms with Gasteiger partial charge in [-0.3, -0.25) is 0 Å². The zero-order chi connectivity index (χ0) is 18.1. The molecule has 26 heavy (non-hydrogen) atoms. The number of carbonyl (C=O) groups excluding carboxylic acids is 1. The maximum Gasteiger partial charge on any atom is 0.342 e. The number of benzene rings is 2. The van der Waals surface area contributed by atoms with Gasteiger partial charge in [0.25, 0.3) is 0 Å². The molecule has 2 aromatic carbocycles. The summed E-state index contributed by atoms with van der Waals surface area (Å²) in [7, 11) is 1.55. The fourth-order valence-electron chi connectivity index (χ4n) is 3.04. The monoisotopic (exact) mass is 346 g/mol. The number of rotatable bonds is 4. The van der Waals surface area contributed by atoms with Gasteiger partial charge in [-0.1, -0.05) is 30.3 Å². The van der Waals surface area contributed by atoms with Crippen LogP contribution in [0.3, 0.4) is 0 Å². The first-order chi connectivity index (χ1) is 12.7. The molecule has 0 aliphatic heterocycles. The fraction of sp³-hybridized carbons (Fsp3) is 0.143. The van der Waals surface area contributed by atoms with Crippen LogP contribution in [0.2, 0.25) is 0 Å². The number of aryl methyl sites for hydroxylation is 1. The summed E-state index contributed by atoms with van der Waals surface area (Å²) in [6.07, 6.45) is 3.79. The minimum atomic E-state index is -0.429. The molecule has 0 atom stereocenters. The topological polar surface area (TPSA) is 52.8 Å². The molecule has 2 aromatic heterocycles. The van der Waals surface area contributed by atoms with E-state index in [0.717, 1.165) is 22.0 Å². The van der Waals surface area contributed by atoms with Crippen LogP contribution in [0, 0.1) is 6.92 Å². The number of hydrogen-bond donors (Lipinski definition) is 0. The van der Waals surface area contributed by atoms with E-state index < -0.39 is 5.97 Å². The predicted octanol–water partition coefficient (Wildman–Crippen LogP) is 4.16. The van der Waals surface area contributed by atoms with Crippen molar-refractivity contribution in [3.8, 4) is 5.75 Å². The number of nitrogens with zero attached hydrogens (tertiary/aromatic N) is 2. The minimum Gasteiger partial charge on any atom is -0.496 e. The van der Waals surface area contributed by atoms with Gasteiger partial charge < -0.3 is 13.9 Å². The van der Waals surface area contributed by atoms with Crippen molar-refractivity contribution in [2.75, 3.05) is 7.11 Å². The molecule has 130 valence electrons. The Morgan fingerprint density at radius 1 is 1.12 bits per heavy atom. The van der Waals surface area contributed by atoms with Crippen molar-refractivity contribution in [2.24, 2.45) is 0 Å². The third-order valence-corrected chi connectivity index (χ3v) is 4.37. The van der Waals surface area contributed by atoms with E-state index in [4.69, 9.17) is 9.47 Å². The average Bonchev–Trinajstić information content (AvgIpc) is 3.09. The van der Waals surface area contributed by atoms with E-state index in [0.29, 0.717) is 17.0 Å². The summed E-state index contributed by atoms with van der Waals surface area (Å²) in [5.41, 5.74) is 3.04. The Kier molecular flexibility index (Phi) is 4.05. The number of pyridine rings is 1. The number of carbonyl (C=O) groups is 1. The largest absolute Gasteiger partial charge is 0.496 e. The van der Waals surface area contributed by atoms with Gasteiger partial charge in [0.05, 0.1) is 12.8 Å². The first-order valence-electron chi connectivity index (χ1n) is 8.33. The average molecular weight is 346 g/mol. The maximum atomic E-state index is 12.6. The molecule has 0 N–H and O–H groups in total. The molecule has 0 saturated carbocycles. The third-order valence-electron chi connectivity index (χ3n) is 4.37. The van der Waals surface area contributed by atoms with Gasteiger partial charge in [0, 0.05) is 12.4 Å². The van der Waals surface area contributed by atoms with Gasteiger partial charge in [0.15, 0.2) is 0 Å². The summed E-state index contributed by atoms with van der Waals surface area (Å²) in [4.78, 5) is 17.1. The lowest BCUT2D eigenvalue weighted by molar-refractivity contribution is 0.0465. The summed E-state index contributed by atoms with van der Waals surface area (Å²) < 4.78 is 12.8. The zero-order valence-electron chi connectivity index (χ0n) is 14.6. The first kappa shape index (κ1) is 16.1. The number of methoxy groups -OCH3 is 1. The second-order valence-corrected chi connectivity index (χ2v) is 6.13. The van der Waals surface area contributed by atoms with Crippen molar-refractivity contribution < 1.29 is 14.3 Å². The highest BCUT2D eigenvalue weighted by atomic mass is 16.5. The van der Waals surface area contributed by atoms with Crippen LogP contribution in [0.25, 0.3) is 16.4 Å². The molecule has 5 heteroatoms. The van der Waals surface area contributed by atoms with Crippen LogP contribution in [-0.4, -0.2) is 22.5 Å². The van der Waals surface area contributed by atoms with Crippen LogP contribution in [0.1, 0.15) is 21.6 Å². The van der Waals surface area contributed by atoms with Crippen molar-refractivity contribution in [2.45, 2.75) is 13.5 Å². The number of ether oxygens (including phenoxy) is 2. The number of aromatic nitrogens is 2. The Balaban J connectivity index is 1.59. The molecule has 4 rings (SSSR count). The van der Waals surface area contributed by atoms with E-state index >= 15 is 0 Å². The second-order valence-electron chi connectivity index (χ2n) is 6.13. The van der Waals surface area contributed by atoms with Gasteiger partial charge >= 0.3 is 5.97 Å². The molecule has 5 nitrogen and oxygen atoms in total. The van der Waals surface area contributed by atoms with Gasteiger partial charge in [-0.05, 0) is 41.5 Å². The lowest BCUT2D eigenvalue weighted by Gasteiger charge is -2.10. The van der Waals surface area contributed by atoms with Crippen LogP contribution in [0.4, 0.5) is 0 Å². The standard InChI is InChI=1S/C21H18N2O3/c1-14-6-5-9-23-12-17(22-20(14)23)13-26-21(24)18-10-15-7-3-4-8-16(15)11-19(18)25-2/h3-12H,13H2,1-2H3. The third kappa shape index (κ3) is 2.88. The van der Waals surface area contributed by atoms with Crippen LogP contribution in [0.5, 0.6) is 5.75 Å². The Labute approximate surface area is 150 Å². The maximum absolute atomic E-state index is 12.6. The Bertz CT molecular complexity index is 1110. The minimum absolute atomic E-state index is 0.107. The van der Waals surface area contributed by atoms with E-state index in [1.165, 1.54) is 0 Å². The van der Waals surface area contributed by atoms with E-state index in [1.807, 2.05) is 66.2 Å².